The Morgan fingerprint density at radius 2 is 1.67 bits per heavy atom. The molecule has 0 amide bonds. The summed E-state index contributed by atoms with van der Waals surface area (Å²) in [4.78, 5) is 12.4. The molecule has 0 aliphatic heterocycles. The molecule has 2 aromatic rings. The predicted molar refractivity (Wildman–Crippen MR) is 90.2 cm³/mol. The highest BCUT2D eigenvalue weighted by Gasteiger charge is 2.46. The van der Waals surface area contributed by atoms with E-state index in [-0.39, 0.29) is 17.0 Å². The van der Waals surface area contributed by atoms with Gasteiger partial charge in [-0.25, -0.2) is 0 Å². The van der Waals surface area contributed by atoms with Crippen LogP contribution < -0.4 is 10.0 Å². The number of hydrogen-bond donors (Lipinski definition) is 0. The maximum Gasteiger partial charge on any atom is 0.416 e. The second kappa shape index (κ2) is 7.80. The molecular formula is C18H18F3O2P. The van der Waals surface area contributed by atoms with E-state index in [4.69, 9.17) is 4.74 Å². The van der Waals surface area contributed by atoms with Crippen molar-refractivity contribution >= 4 is 18.8 Å². The number of carbonyl (C=O) groups is 1. The van der Waals surface area contributed by atoms with Gasteiger partial charge < -0.3 is 4.74 Å². The van der Waals surface area contributed by atoms with Gasteiger partial charge in [-0.1, -0.05) is 49.4 Å². The summed E-state index contributed by atoms with van der Waals surface area (Å²) in [5.41, 5.74) is -0.824. The van der Waals surface area contributed by atoms with Crippen molar-refractivity contribution in [3.63, 3.8) is 0 Å². The van der Waals surface area contributed by atoms with Crippen LogP contribution in [-0.2, 0) is 0 Å². The van der Waals surface area contributed by atoms with Crippen molar-refractivity contribution in [1.29, 1.82) is 0 Å². The Kier molecular flexibility index (Phi) is 6.00. The van der Waals surface area contributed by atoms with Crippen LogP contribution in [0.2, 0.25) is 0 Å². The number of carbonyl (C=O) groups excluding carboxylic acids is 1. The smallest absolute Gasteiger partial charge is 0.416 e. The van der Waals surface area contributed by atoms with Crippen molar-refractivity contribution in [1.82, 2.24) is 0 Å². The molecule has 0 aliphatic carbocycles. The quantitative estimate of drug-likeness (QED) is 0.655. The molecule has 0 fully saturated rings. The summed E-state index contributed by atoms with van der Waals surface area (Å²) >= 11 is 0. The molecule has 0 spiro atoms. The minimum Gasteiger partial charge on any atom is -0.491 e. The van der Waals surface area contributed by atoms with Gasteiger partial charge in [0.1, 0.15) is 13.7 Å². The highest BCUT2D eigenvalue weighted by molar-refractivity contribution is 7.82. The van der Waals surface area contributed by atoms with Gasteiger partial charge in [0.2, 0.25) is 0 Å². The van der Waals surface area contributed by atoms with E-state index in [1.165, 1.54) is 36.4 Å². The number of rotatable bonds is 6. The van der Waals surface area contributed by atoms with Crippen LogP contribution in [0.15, 0.2) is 54.6 Å². The zero-order chi connectivity index (χ0) is 17.7. The maximum atomic E-state index is 13.5. The second-order valence-electron chi connectivity index (χ2n) is 5.31. The number of hydrogen-bond acceptors (Lipinski definition) is 2. The van der Waals surface area contributed by atoms with Crippen LogP contribution in [0, 0.1) is 0 Å². The lowest BCUT2D eigenvalue weighted by Crippen LogP contribution is -2.21. The van der Waals surface area contributed by atoms with Gasteiger partial charge in [-0.05, 0) is 30.8 Å². The molecule has 2 unspecified atom stereocenters. The van der Waals surface area contributed by atoms with Gasteiger partial charge >= 0.3 is 5.92 Å². The van der Waals surface area contributed by atoms with Gasteiger partial charge in [-0.15, -0.1) is 0 Å². The van der Waals surface area contributed by atoms with E-state index in [9.17, 15) is 18.0 Å². The molecule has 2 nitrogen and oxygen atoms in total. The van der Waals surface area contributed by atoms with E-state index < -0.39 is 19.4 Å². The molecule has 0 N–H and O–H groups in total. The molecule has 0 saturated carbocycles. The first-order valence-corrected chi connectivity index (χ1v) is 8.90. The molecule has 0 aromatic heterocycles. The third kappa shape index (κ3) is 4.57. The molecular weight excluding hydrogens is 336 g/mol. The molecule has 2 aromatic carbocycles. The highest BCUT2D eigenvalue weighted by Crippen LogP contribution is 2.54. The molecule has 6 heteroatoms. The minimum atomic E-state index is -4.60. The molecule has 2 rings (SSSR count). The van der Waals surface area contributed by atoms with Gasteiger partial charge in [0.05, 0.1) is 6.10 Å². The van der Waals surface area contributed by atoms with Crippen molar-refractivity contribution in [2.24, 2.45) is 0 Å². The van der Waals surface area contributed by atoms with Crippen LogP contribution in [0.1, 0.15) is 30.6 Å². The highest BCUT2D eigenvalue weighted by atomic mass is 31.1. The molecule has 2 atom stereocenters. The lowest BCUT2D eigenvalue weighted by atomic mass is 10.2. The first kappa shape index (κ1) is 18.5. The average molecular weight is 354 g/mol. The van der Waals surface area contributed by atoms with E-state index in [0.29, 0.717) is 5.75 Å². The topological polar surface area (TPSA) is 26.3 Å². The van der Waals surface area contributed by atoms with Crippen LogP contribution in [0.3, 0.4) is 0 Å². The molecule has 0 radical (unpaired) electrons. The Labute approximate surface area is 140 Å². The van der Waals surface area contributed by atoms with Crippen LogP contribution >= 0.6 is 7.92 Å². The van der Waals surface area contributed by atoms with Crippen molar-refractivity contribution in [3.8, 4) is 5.75 Å². The third-order valence-corrected chi connectivity index (χ3v) is 5.47. The normalized spacial score (nSPS) is 14.0. The summed E-state index contributed by atoms with van der Waals surface area (Å²) < 4.78 is 46.0. The van der Waals surface area contributed by atoms with Gasteiger partial charge in [-0.2, -0.15) is 13.2 Å². The Balaban J connectivity index is 2.31. The van der Waals surface area contributed by atoms with Gasteiger partial charge in [-0.3, -0.25) is 4.79 Å². The SMILES string of the molecule is CCC(C)Oc1ccc(P(C(=O)c2ccccc2)C(F)(F)F)cc1. The molecule has 0 bridgehead atoms. The van der Waals surface area contributed by atoms with Crippen LogP contribution in [0.4, 0.5) is 13.2 Å². The van der Waals surface area contributed by atoms with E-state index in [1.807, 2.05) is 13.8 Å². The predicted octanol–water partition coefficient (Wildman–Crippen LogP) is 5.33. The summed E-state index contributed by atoms with van der Waals surface area (Å²) in [5, 5.41) is -0.0251. The van der Waals surface area contributed by atoms with Crippen molar-refractivity contribution in [2.75, 3.05) is 0 Å². The Morgan fingerprint density at radius 1 is 1.08 bits per heavy atom. The van der Waals surface area contributed by atoms with E-state index in [1.54, 1.807) is 18.2 Å². The van der Waals surface area contributed by atoms with Crippen LogP contribution in [0.25, 0.3) is 0 Å². The summed E-state index contributed by atoms with van der Waals surface area (Å²) in [5.74, 6) is -4.10. The molecule has 0 aliphatic rings. The van der Waals surface area contributed by atoms with E-state index >= 15 is 0 Å². The van der Waals surface area contributed by atoms with E-state index in [0.717, 1.165) is 6.42 Å². The monoisotopic (exact) mass is 354 g/mol. The van der Waals surface area contributed by atoms with E-state index in [2.05, 4.69) is 0 Å². The lowest BCUT2D eigenvalue weighted by molar-refractivity contribution is -0.0384. The standard InChI is InChI=1S/C18H18F3O2P/c1-3-13(2)23-15-9-11-16(12-10-15)24(18(19,20)21)17(22)14-7-5-4-6-8-14/h4-13H,3H2,1-2H3. The molecule has 128 valence electrons. The Morgan fingerprint density at radius 3 is 2.17 bits per heavy atom. The summed E-state index contributed by atoms with van der Waals surface area (Å²) in [6.45, 7) is 3.84. The number of alkyl halides is 3. The molecule has 24 heavy (non-hydrogen) atoms. The fraction of sp³-hybridized carbons (Fsp3) is 0.278. The fourth-order valence-corrected chi connectivity index (χ4v) is 3.69. The molecule has 0 heterocycles. The Hall–Kier alpha value is -1.87. The number of benzene rings is 2. The number of halogens is 3. The van der Waals surface area contributed by atoms with Gasteiger partial charge in [0.25, 0.3) is 0 Å². The van der Waals surface area contributed by atoms with Crippen molar-refractivity contribution in [3.05, 3.63) is 60.2 Å². The second-order valence-corrected chi connectivity index (χ2v) is 7.41. The lowest BCUT2D eigenvalue weighted by Gasteiger charge is -2.20. The number of ether oxygens (including phenoxy) is 1. The minimum absolute atomic E-state index is 0.0223. The molecule has 0 saturated heterocycles. The third-order valence-electron chi connectivity index (χ3n) is 3.48. The van der Waals surface area contributed by atoms with Crippen LogP contribution in [-0.4, -0.2) is 17.5 Å². The zero-order valence-corrected chi connectivity index (χ0v) is 14.3. The van der Waals surface area contributed by atoms with Gasteiger partial charge in [0, 0.05) is 5.56 Å². The van der Waals surface area contributed by atoms with Crippen molar-refractivity contribution < 1.29 is 22.7 Å². The summed E-state index contributed by atoms with van der Waals surface area (Å²) in [6.07, 6.45) is 0.773. The Bertz CT molecular complexity index is 669. The largest absolute Gasteiger partial charge is 0.491 e. The fourth-order valence-electron chi connectivity index (χ4n) is 2.08. The summed E-state index contributed by atoms with van der Waals surface area (Å²) in [6, 6.07) is 13.2. The van der Waals surface area contributed by atoms with Gasteiger partial charge in [0.15, 0.2) is 5.52 Å². The summed E-state index contributed by atoms with van der Waals surface area (Å²) in [7, 11) is -2.97. The average Bonchev–Trinajstić information content (AvgIpc) is 2.56. The van der Waals surface area contributed by atoms with Crippen molar-refractivity contribution in [2.45, 2.75) is 32.3 Å². The zero-order valence-electron chi connectivity index (χ0n) is 13.4. The first-order chi connectivity index (χ1) is 11.3. The maximum absolute atomic E-state index is 13.5. The van der Waals surface area contributed by atoms with Crippen LogP contribution in [0.5, 0.6) is 5.75 Å². The first-order valence-electron chi connectivity index (χ1n) is 7.56.